The molecule has 0 radical (unpaired) electrons. The first-order valence-electron chi connectivity index (χ1n) is 4.53. The Balaban J connectivity index is 3.27. The van der Waals surface area contributed by atoms with E-state index in [9.17, 15) is 30.3 Å². The summed E-state index contributed by atoms with van der Waals surface area (Å²) in [5.74, 6) is 0. The summed E-state index contributed by atoms with van der Waals surface area (Å²) in [7, 11) is 0. The van der Waals surface area contributed by atoms with Crippen LogP contribution in [0.5, 0.6) is 0 Å². The van der Waals surface area contributed by atoms with Crippen molar-refractivity contribution in [3.63, 3.8) is 0 Å². The third-order valence-electron chi connectivity index (χ3n) is 2.21. The second-order valence-corrected chi connectivity index (χ2v) is 3.19. The van der Waals surface area contributed by atoms with Crippen LogP contribution in [-0.2, 0) is 10.5 Å². The van der Waals surface area contributed by atoms with Gasteiger partial charge in [0.1, 0.15) is 15.4 Å². The number of nitrogens with zero attached hydrogens (tertiary/aromatic N) is 3. The van der Waals surface area contributed by atoms with Crippen LogP contribution in [-0.4, -0.2) is 21.5 Å². The molecule has 10 nitrogen and oxygen atoms in total. The maximum absolute atomic E-state index is 10.9. The number of hydrogen-bond acceptors (Lipinski definition) is 7. The lowest BCUT2D eigenvalue weighted by Crippen LogP contribution is -2.47. The summed E-state index contributed by atoms with van der Waals surface area (Å²) in [6.07, 6.45) is 0. The van der Waals surface area contributed by atoms with Gasteiger partial charge in [-0.25, -0.2) is 0 Å². The van der Waals surface area contributed by atoms with Crippen LogP contribution in [0.15, 0.2) is 30.3 Å². The van der Waals surface area contributed by atoms with E-state index in [-0.39, 0.29) is 5.56 Å². The molecule has 0 atom stereocenters. The minimum Gasteiger partial charge on any atom is -0.298 e. The molecule has 0 aliphatic rings. The Kier molecular flexibility index (Phi) is 3.72. The summed E-state index contributed by atoms with van der Waals surface area (Å²) in [4.78, 5) is 33.3. The van der Waals surface area contributed by atoms with E-state index >= 15 is 0 Å². The van der Waals surface area contributed by atoms with Crippen LogP contribution in [0.1, 0.15) is 5.56 Å². The minimum absolute atomic E-state index is 0.304. The molecule has 10 heteroatoms. The van der Waals surface area contributed by atoms with Crippen LogP contribution in [0, 0.1) is 30.3 Å². The predicted molar refractivity (Wildman–Crippen MR) is 55.1 cm³/mol. The summed E-state index contributed by atoms with van der Waals surface area (Å²) < 4.78 is 0. The average Bonchev–Trinajstić information content (AvgIpc) is 2.30. The molecule has 0 aromatic heterocycles. The Morgan fingerprint density at radius 1 is 1.00 bits per heavy atom. The molecular weight excluding hydrogens is 250 g/mol. The molecule has 0 heterocycles. The third-order valence-corrected chi connectivity index (χ3v) is 2.21. The molecule has 0 saturated heterocycles. The summed E-state index contributed by atoms with van der Waals surface area (Å²) >= 11 is 0. The van der Waals surface area contributed by atoms with Crippen LogP contribution in [0.3, 0.4) is 0 Å². The smallest absolute Gasteiger partial charge is 0.298 e. The van der Waals surface area contributed by atoms with Gasteiger partial charge in [0.15, 0.2) is 0 Å². The fourth-order valence-corrected chi connectivity index (χ4v) is 1.31. The number of hydrogen-bond donors (Lipinski definition) is 0. The number of benzene rings is 1. The van der Waals surface area contributed by atoms with Crippen LogP contribution in [0.25, 0.3) is 0 Å². The summed E-state index contributed by atoms with van der Waals surface area (Å²) in [5.41, 5.74) is -3.20. The van der Waals surface area contributed by atoms with Gasteiger partial charge < -0.3 is 0 Å². The van der Waals surface area contributed by atoms with Gasteiger partial charge in [0.25, 0.3) is 5.09 Å². The summed E-state index contributed by atoms with van der Waals surface area (Å²) in [6, 6.07) is 6.47. The van der Waals surface area contributed by atoms with Crippen molar-refractivity contribution in [2.24, 2.45) is 0 Å². The molecule has 0 N–H and O–H groups in total. The highest BCUT2D eigenvalue weighted by molar-refractivity contribution is 5.19. The molecule has 0 amide bonds. The molecule has 0 unspecified atom stereocenters. The highest BCUT2D eigenvalue weighted by Gasteiger charge is 2.59. The molecule has 0 fully saturated rings. The van der Waals surface area contributed by atoms with E-state index in [1.807, 2.05) is 0 Å². The topological polar surface area (TPSA) is 139 Å². The van der Waals surface area contributed by atoms with E-state index in [1.165, 1.54) is 18.2 Å². The molecule has 0 spiro atoms. The van der Waals surface area contributed by atoms with Crippen molar-refractivity contribution in [2.45, 2.75) is 5.66 Å². The number of nitro groups is 2. The maximum Gasteiger partial charge on any atom is 0.507 e. The zero-order chi connectivity index (χ0) is 13.8. The predicted octanol–water partition coefficient (Wildman–Crippen LogP) is 0.601. The van der Waals surface area contributed by atoms with Gasteiger partial charge in [-0.2, -0.15) is 0 Å². The second-order valence-electron chi connectivity index (χ2n) is 3.19. The van der Waals surface area contributed by atoms with E-state index in [4.69, 9.17) is 0 Å². The molecule has 0 aliphatic heterocycles. The zero-order valence-electron chi connectivity index (χ0n) is 8.79. The van der Waals surface area contributed by atoms with Crippen molar-refractivity contribution in [3.05, 3.63) is 66.2 Å². The molecule has 1 aromatic rings. The van der Waals surface area contributed by atoms with Crippen molar-refractivity contribution in [1.82, 2.24) is 0 Å². The van der Waals surface area contributed by atoms with Crippen molar-refractivity contribution < 1.29 is 19.8 Å². The molecule has 0 saturated carbocycles. The van der Waals surface area contributed by atoms with Crippen LogP contribution in [0.2, 0.25) is 0 Å². The molecule has 0 bridgehead atoms. The van der Waals surface area contributed by atoms with Gasteiger partial charge >= 0.3 is 5.66 Å². The Labute approximate surface area is 99.2 Å². The molecular formula is C8H7N3O7. The van der Waals surface area contributed by atoms with Crippen molar-refractivity contribution in [2.75, 3.05) is 6.61 Å². The van der Waals surface area contributed by atoms with Gasteiger partial charge in [0.05, 0.1) is 0 Å². The molecule has 18 heavy (non-hydrogen) atoms. The monoisotopic (exact) mass is 257 g/mol. The first-order valence-corrected chi connectivity index (χ1v) is 4.53. The maximum atomic E-state index is 10.9. The van der Waals surface area contributed by atoms with Crippen LogP contribution < -0.4 is 0 Å². The lowest BCUT2D eigenvalue weighted by Gasteiger charge is -2.15. The Morgan fingerprint density at radius 3 is 1.89 bits per heavy atom. The van der Waals surface area contributed by atoms with Gasteiger partial charge in [-0.15, -0.1) is 10.1 Å². The lowest BCUT2D eigenvalue weighted by atomic mass is 10.0. The molecule has 96 valence electrons. The average molecular weight is 257 g/mol. The fourth-order valence-electron chi connectivity index (χ4n) is 1.31. The highest BCUT2D eigenvalue weighted by Crippen LogP contribution is 2.26. The van der Waals surface area contributed by atoms with Crippen molar-refractivity contribution >= 4 is 0 Å². The quantitative estimate of drug-likeness (QED) is 0.413. The Bertz CT molecular complexity index is 461. The SMILES string of the molecule is O=[N+]([O-])OCC(c1ccccc1)([N+](=O)[O-])[N+](=O)[O-]. The standard InChI is InChI=1S/C8H7N3O7/c12-9(13)8(10(14)15,6-18-11(16)17)7-4-2-1-3-5-7/h1-5H,6H2. The van der Waals surface area contributed by atoms with Gasteiger partial charge in [0.2, 0.25) is 6.61 Å². The first-order chi connectivity index (χ1) is 8.41. The van der Waals surface area contributed by atoms with Crippen LogP contribution in [0.4, 0.5) is 0 Å². The van der Waals surface area contributed by atoms with E-state index < -0.39 is 27.2 Å². The normalized spacial score (nSPS) is 10.7. The largest absolute Gasteiger partial charge is 0.507 e. The van der Waals surface area contributed by atoms with Gasteiger partial charge in [-0.05, 0) is 12.1 Å². The lowest BCUT2D eigenvalue weighted by molar-refractivity contribution is -0.846. The number of rotatable bonds is 6. The minimum atomic E-state index is -2.89. The summed E-state index contributed by atoms with van der Waals surface area (Å²) in [5, 5.41) is 30.6. The summed E-state index contributed by atoms with van der Waals surface area (Å²) in [6.45, 7) is -1.30. The zero-order valence-corrected chi connectivity index (χ0v) is 8.79. The first kappa shape index (κ1) is 13.3. The molecule has 1 rings (SSSR count). The van der Waals surface area contributed by atoms with E-state index in [0.717, 1.165) is 12.1 Å². The van der Waals surface area contributed by atoms with Crippen molar-refractivity contribution in [3.8, 4) is 0 Å². The Morgan fingerprint density at radius 2 is 1.50 bits per heavy atom. The van der Waals surface area contributed by atoms with Crippen LogP contribution >= 0.6 is 0 Å². The third kappa shape index (κ3) is 2.31. The van der Waals surface area contributed by atoms with Gasteiger partial charge in [0, 0.05) is 0 Å². The van der Waals surface area contributed by atoms with E-state index in [0.29, 0.717) is 0 Å². The van der Waals surface area contributed by atoms with Crippen molar-refractivity contribution in [1.29, 1.82) is 0 Å². The highest BCUT2D eigenvalue weighted by atomic mass is 17.0. The fraction of sp³-hybridized carbons (Fsp3) is 0.250. The van der Waals surface area contributed by atoms with E-state index in [2.05, 4.69) is 4.84 Å². The Hall–Kier alpha value is -2.78. The van der Waals surface area contributed by atoms with Gasteiger partial charge in [-0.3, -0.25) is 25.1 Å². The van der Waals surface area contributed by atoms with E-state index in [1.54, 1.807) is 0 Å². The van der Waals surface area contributed by atoms with Gasteiger partial charge in [-0.1, -0.05) is 18.2 Å². The molecule has 1 aromatic carbocycles. The molecule has 0 aliphatic carbocycles. The second kappa shape index (κ2) is 5.03.